The molecule has 2 aliphatic rings. The molecule has 2 aliphatic heterocycles. The van der Waals surface area contributed by atoms with E-state index in [2.05, 4.69) is 16.0 Å². The number of rotatable bonds is 7. The molecule has 0 saturated carbocycles. The van der Waals surface area contributed by atoms with E-state index in [0.717, 1.165) is 0 Å². The largest absolute Gasteiger partial charge is 0.395 e. The normalized spacial score (nSPS) is 20.0. The number of carbonyl (C=O) groups is 4. The molecule has 1 fully saturated rings. The minimum atomic E-state index is -0.690. The van der Waals surface area contributed by atoms with Crippen LogP contribution >= 0.6 is 0 Å². The number of piperidine rings is 1. The minimum Gasteiger partial charge on any atom is -0.395 e. The first-order valence-electron chi connectivity index (χ1n) is 9.31. The maximum absolute atomic E-state index is 12.8. The SMILES string of the molecule is C[C@H](CO)NCCC(=O)Nc1cccc2c1CN(C1CCC(=O)NC1=O)C2=O. The summed E-state index contributed by atoms with van der Waals surface area (Å²) in [5.41, 5.74) is 1.66. The molecule has 1 unspecified atom stereocenters. The van der Waals surface area contributed by atoms with Crippen molar-refractivity contribution in [3.8, 4) is 0 Å². The fourth-order valence-electron chi connectivity index (χ4n) is 3.41. The molecule has 2 atom stereocenters. The van der Waals surface area contributed by atoms with Crippen molar-refractivity contribution in [3.63, 3.8) is 0 Å². The van der Waals surface area contributed by atoms with Gasteiger partial charge in [0.2, 0.25) is 17.7 Å². The lowest BCUT2D eigenvalue weighted by Gasteiger charge is -2.29. The Morgan fingerprint density at radius 3 is 2.86 bits per heavy atom. The summed E-state index contributed by atoms with van der Waals surface area (Å²) in [5, 5.41) is 17.1. The molecule has 0 radical (unpaired) electrons. The zero-order valence-electron chi connectivity index (χ0n) is 15.7. The Bertz CT molecular complexity index is 810. The molecule has 0 bridgehead atoms. The van der Waals surface area contributed by atoms with Crippen molar-refractivity contribution in [2.24, 2.45) is 0 Å². The molecule has 3 rings (SSSR count). The van der Waals surface area contributed by atoms with Crippen LogP contribution in [0.3, 0.4) is 0 Å². The summed E-state index contributed by atoms with van der Waals surface area (Å²) in [6, 6.07) is 4.30. The summed E-state index contributed by atoms with van der Waals surface area (Å²) in [6.45, 7) is 2.43. The van der Waals surface area contributed by atoms with Crippen LogP contribution in [-0.4, -0.2) is 58.9 Å². The number of imide groups is 1. The average molecular weight is 388 g/mol. The van der Waals surface area contributed by atoms with E-state index in [9.17, 15) is 19.2 Å². The summed E-state index contributed by atoms with van der Waals surface area (Å²) in [4.78, 5) is 49.9. The van der Waals surface area contributed by atoms with E-state index < -0.39 is 11.9 Å². The van der Waals surface area contributed by atoms with Crippen molar-refractivity contribution in [2.45, 2.75) is 44.8 Å². The molecular formula is C19H24N4O5. The fraction of sp³-hybridized carbons (Fsp3) is 0.474. The topological polar surface area (TPSA) is 128 Å². The summed E-state index contributed by atoms with van der Waals surface area (Å²) in [7, 11) is 0. The van der Waals surface area contributed by atoms with Crippen molar-refractivity contribution < 1.29 is 24.3 Å². The monoisotopic (exact) mass is 388 g/mol. The summed E-state index contributed by atoms with van der Waals surface area (Å²) >= 11 is 0. The zero-order valence-corrected chi connectivity index (χ0v) is 15.7. The number of hydrogen-bond acceptors (Lipinski definition) is 6. The van der Waals surface area contributed by atoms with Crippen LogP contribution < -0.4 is 16.0 Å². The minimum absolute atomic E-state index is 0.00784. The number of nitrogens with zero attached hydrogens (tertiary/aromatic N) is 1. The van der Waals surface area contributed by atoms with Crippen LogP contribution in [-0.2, 0) is 20.9 Å². The van der Waals surface area contributed by atoms with Crippen LogP contribution in [0.5, 0.6) is 0 Å². The van der Waals surface area contributed by atoms with Gasteiger partial charge in [0.05, 0.1) is 6.61 Å². The molecule has 1 aromatic rings. The molecule has 150 valence electrons. The molecule has 9 heteroatoms. The van der Waals surface area contributed by atoms with Crippen molar-refractivity contribution in [3.05, 3.63) is 29.3 Å². The van der Waals surface area contributed by atoms with Gasteiger partial charge in [-0.3, -0.25) is 24.5 Å². The molecule has 0 aliphatic carbocycles. The van der Waals surface area contributed by atoms with Gasteiger partial charge in [0.15, 0.2) is 0 Å². The molecule has 4 N–H and O–H groups in total. The highest BCUT2D eigenvalue weighted by molar-refractivity contribution is 6.06. The van der Waals surface area contributed by atoms with Crippen molar-refractivity contribution in [2.75, 3.05) is 18.5 Å². The number of hydrogen-bond donors (Lipinski definition) is 4. The van der Waals surface area contributed by atoms with E-state index >= 15 is 0 Å². The maximum atomic E-state index is 12.8. The van der Waals surface area contributed by atoms with Gasteiger partial charge in [-0.15, -0.1) is 0 Å². The molecule has 4 amide bonds. The highest BCUT2D eigenvalue weighted by Crippen LogP contribution is 2.32. The third kappa shape index (κ3) is 4.20. The third-order valence-corrected chi connectivity index (χ3v) is 4.97. The zero-order chi connectivity index (χ0) is 20.3. The van der Waals surface area contributed by atoms with Crippen LogP contribution in [0.2, 0.25) is 0 Å². The molecule has 1 aromatic carbocycles. The van der Waals surface area contributed by atoms with Gasteiger partial charge in [-0.25, -0.2) is 0 Å². The first-order valence-corrected chi connectivity index (χ1v) is 9.31. The first-order chi connectivity index (χ1) is 13.4. The van der Waals surface area contributed by atoms with Gasteiger partial charge in [-0.05, 0) is 25.5 Å². The van der Waals surface area contributed by atoms with E-state index in [0.29, 0.717) is 29.8 Å². The van der Waals surface area contributed by atoms with E-state index in [1.165, 1.54) is 4.90 Å². The van der Waals surface area contributed by atoms with Gasteiger partial charge in [0.25, 0.3) is 5.91 Å². The van der Waals surface area contributed by atoms with Crippen molar-refractivity contribution in [1.82, 2.24) is 15.5 Å². The Balaban J connectivity index is 1.67. The number of fused-ring (bicyclic) bond motifs is 1. The Labute approximate surface area is 162 Å². The first kappa shape index (κ1) is 20.0. The number of aliphatic hydroxyl groups excluding tert-OH is 1. The Morgan fingerprint density at radius 1 is 1.36 bits per heavy atom. The number of benzene rings is 1. The molecule has 0 aromatic heterocycles. The summed E-state index contributed by atoms with van der Waals surface area (Å²) in [6.07, 6.45) is 0.707. The quantitative estimate of drug-likeness (QED) is 0.477. The number of amides is 4. The summed E-state index contributed by atoms with van der Waals surface area (Å²) < 4.78 is 0. The van der Waals surface area contributed by atoms with E-state index in [1.54, 1.807) is 18.2 Å². The standard InChI is InChI=1S/C19H24N4O5/c1-11(10-24)20-8-7-17(26)21-14-4-2-3-12-13(14)9-23(19(12)28)15-5-6-16(25)22-18(15)27/h2-4,11,15,20,24H,5-10H2,1H3,(H,21,26)(H,22,25,27)/t11-,15?/m1/s1. The lowest BCUT2D eigenvalue weighted by atomic mass is 10.0. The maximum Gasteiger partial charge on any atom is 0.255 e. The van der Waals surface area contributed by atoms with Gasteiger partial charge in [-0.1, -0.05) is 6.07 Å². The Hall–Kier alpha value is -2.78. The second-order valence-electron chi connectivity index (χ2n) is 7.07. The van der Waals surface area contributed by atoms with Gasteiger partial charge >= 0.3 is 0 Å². The van der Waals surface area contributed by atoms with Crippen molar-refractivity contribution >= 4 is 29.3 Å². The van der Waals surface area contributed by atoms with Crippen LogP contribution in [0.25, 0.3) is 0 Å². The smallest absolute Gasteiger partial charge is 0.255 e. The van der Waals surface area contributed by atoms with Gasteiger partial charge < -0.3 is 20.6 Å². The molecule has 0 spiro atoms. The Kier molecular flexibility index (Phi) is 6.05. The Morgan fingerprint density at radius 2 is 2.14 bits per heavy atom. The molecule has 2 heterocycles. The van der Waals surface area contributed by atoms with Crippen LogP contribution in [0.4, 0.5) is 5.69 Å². The second kappa shape index (κ2) is 8.49. The highest BCUT2D eigenvalue weighted by atomic mass is 16.3. The highest BCUT2D eigenvalue weighted by Gasteiger charge is 2.39. The molecular weight excluding hydrogens is 364 g/mol. The van der Waals surface area contributed by atoms with Gasteiger partial charge in [-0.2, -0.15) is 0 Å². The van der Waals surface area contributed by atoms with Crippen LogP contribution in [0, 0.1) is 0 Å². The number of aliphatic hydroxyl groups is 1. The third-order valence-electron chi connectivity index (χ3n) is 4.97. The predicted molar refractivity (Wildman–Crippen MR) is 100 cm³/mol. The van der Waals surface area contributed by atoms with Crippen molar-refractivity contribution in [1.29, 1.82) is 0 Å². The molecule has 28 heavy (non-hydrogen) atoms. The van der Waals surface area contributed by atoms with E-state index in [4.69, 9.17) is 5.11 Å². The molecule has 1 saturated heterocycles. The number of anilines is 1. The fourth-order valence-corrected chi connectivity index (χ4v) is 3.41. The van der Waals surface area contributed by atoms with Crippen LogP contribution in [0.15, 0.2) is 18.2 Å². The molecule has 9 nitrogen and oxygen atoms in total. The summed E-state index contributed by atoms with van der Waals surface area (Å²) in [5.74, 6) is -1.29. The van der Waals surface area contributed by atoms with E-state index in [1.807, 2.05) is 6.92 Å². The van der Waals surface area contributed by atoms with Crippen LogP contribution in [0.1, 0.15) is 42.1 Å². The number of carbonyl (C=O) groups excluding carboxylic acids is 4. The lowest BCUT2D eigenvalue weighted by Crippen LogP contribution is -2.52. The second-order valence-corrected chi connectivity index (χ2v) is 7.07. The number of nitrogens with one attached hydrogen (secondary N) is 3. The van der Waals surface area contributed by atoms with Gasteiger partial charge in [0.1, 0.15) is 6.04 Å². The predicted octanol–water partition coefficient (Wildman–Crippen LogP) is -0.253. The van der Waals surface area contributed by atoms with E-state index in [-0.39, 0.29) is 49.8 Å². The lowest BCUT2D eigenvalue weighted by molar-refractivity contribution is -0.137. The average Bonchev–Trinajstić information content (AvgIpc) is 2.99. The van der Waals surface area contributed by atoms with Gasteiger partial charge in [0, 0.05) is 48.8 Å².